The van der Waals surface area contributed by atoms with Crippen LogP contribution in [0.2, 0.25) is 0 Å². The maximum atomic E-state index is 12.3. The van der Waals surface area contributed by atoms with Crippen molar-refractivity contribution in [2.45, 2.75) is 50.4 Å². The molecule has 184 valence electrons. The number of hydrogen-bond acceptors (Lipinski definition) is 12. The van der Waals surface area contributed by atoms with Gasteiger partial charge in [-0.2, -0.15) is 0 Å². The minimum absolute atomic E-state index is 0.0789. The first-order chi connectivity index (χ1) is 17.6. The van der Waals surface area contributed by atoms with Crippen molar-refractivity contribution in [3.05, 3.63) is 58.6 Å². The molecule has 2 amide bonds. The van der Waals surface area contributed by atoms with Crippen molar-refractivity contribution in [2.75, 3.05) is 10.6 Å². The van der Waals surface area contributed by atoms with Crippen molar-refractivity contribution < 1.29 is 9.59 Å². The van der Waals surface area contributed by atoms with E-state index < -0.39 is 0 Å². The van der Waals surface area contributed by atoms with Gasteiger partial charge in [-0.15, -0.1) is 20.4 Å². The fourth-order valence-corrected chi connectivity index (χ4v) is 5.81. The van der Waals surface area contributed by atoms with E-state index in [0.29, 0.717) is 21.9 Å². The number of aromatic nitrogens is 8. The molecule has 4 aromatic heterocycles. The van der Waals surface area contributed by atoms with Crippen LogP contribution in [0.15, 0.2) is 36.9 Å². The lowest BCUT2D eigenvalue weighted by Gasteiger charge is -2.25. The van der Waals surface area contributed by atoms with Crippen molar-refractivity contribution in [3.63, 3.8) is 0 Å². The Kier molecular flexibility index (Phi) is 7.52. The molecule has 0 saturated heterocycles. The third-order valence-electron chi connectivity index (χ3n) is 5.62. The summed E-state index contributed by atoms with van der Waals surface area (Å²) < 4.78 is 0. The zero-order valence-electron chi connectivity index (χ0n) is 19.1. The highest BCUT2D eigenvalue weighted by Gasteiger charge is 2.29. The molecule has 1 aliphatic rings. The van der Waals surface area contributed by atoms with E-state index in [1.807, 2.05) is 0 Å². The molecular formula is C22H22N10O2S2. The monoisotopic (exact) mass is 522 g/mol. The molecule has 2 atom stereocenters. The molecule has 2 N–H and O–H groups in total. The van der Waals surface area contributed by atoms with E-state index in [2.05, 4.69) is 51.0 Å². The number of nitrogens with zero attached hydrogens (tertiary/aromatic N) is 8. The first kappa shape index (κ1) is 23.9. The van der Waals surface area contributed by atoms with Crippen LogP contribution < -0.4 is 10.6 Å². The summed E-state index contributed by atoms with van der Waals surface area (Å²) in [6.45, 7) is 0. The van der Waals surface area contributed by atoms with Crippen LogP contribution in [0.3, 0.4) is 0 Å². The number of anilines is 2. The summed E-state index contributed by atoms with van der Waals surface area (Å²) >= 11 is 2.79. The lowest BCUT2D eigenvalue weighted by molar-refractivity contribution is -0.116. The number of hydrogen-bond donors (Lipinski definition) is 2. The minimum atomic E-state index is -0.229. The van der Waals surface area contributed by atoms with Gasteiger partial charge < -0.3 is 10.6 Å². The van der Waals surface area contributed by atoms with Gasteiger partial charge in [0.25, 0.3) is 0 Å². The van der Waals surface area contributed by atoms with Crippen LogP contribution >= 0.6 is 22.7 Å². The number of nitrogens with one attached hydrogen (secondary N) is 2. The maximum Gasteiger partial charge on any atom is 0.233 e. The van der Waals surface area contributed by atoms with Gasteiger partial charge in [-0.05, 0) is 31.4 Å². The standard InChI is InChI=1S/C22H22N10O2S2/c33-17(11-15-23-6-2-7-24-15)27-21-31-29-19(35-21)13-4-1-5-14(10-13)20-30-32-22(36-20)28-18(34)12-16-25-8-3-9-26-16/h2-3,6-9,13-14H,1,4-5,10-12H2,(H,27,31,33)(H,28,32,34)/t13-,14?/m0/s1. The van der Waals surface area contributed by atoms with Gasteiger partial charge >= 0.3 is 0 Å². The van der Waals surface area contributed by atoms with Gasteiger partial charge in [0.1, 0.15) is 21.7 Å². The quantitative estimate of drug-likeness (QED) is 0.352. The number of carbonyl (C=O) groups excluding carboxylic acids is 2. The van der Waals surface area contributed by atoms with E-state index in [-0.39, 0.29) is 36.5 Å². The zero-order valence-corrected chi connectivity index (χ0v) is 20.7. The first-order valence-corrected chi connectivity index (χ1v) is 13.0. The van der Waals surface area contributed by atoms with Crippen LogP contribution in [-0.4, -0.2) is 52.1 Å². The molecule has 0 aliphatic heterocycles. The Morgan fingerprint density at radius 2 is 1.17 bits per heavy atom. The first-order valence-electron chi connectivity index (χ1n) is 11.4. The van der Waals surface area contributed by atoms with E-state index >= 15 is 0 Å². The summed E-state index contributed by atoms with van der Waals surface area (Å²) in [5.41, 5.74) is 0. The van der Waals surface area contributed by atoms with Crippen molar-refractivity contribution >= 4 is 44.8 Å². The fourth-order valence-electron chi connectivity index (χ4n) is 4.00. The van der Waals surface area contributed by atoms with E-state index in [4.69, 9.17) is 0 Å². The Hall–Kier alpha value is -3.78. The summed E-state index contributed by atoms with van der Waals surface area (Å²) in [7, 11) is 0. The molecule has 36 heavy (non-hydrogen) atoms. The van der Waals surface area contributed by atoms with Crippen LogP contribution in [-0.2, 0) is 22.4 Å². The topological polar surface area (TPSA) is 161 Å². The normalized spacial score (nSPS) is 17.4. The average Bonchev–Trinajstić information content (AvgIpc) is 3.55. The molecular weight excluding hydrogens is 500 g/mol. The lowest BCUT2D eigenvalue weighted by Crippen LogP contribution is -2.15. The average molecular weight is 523 g/mol. The molecule has 1 fully saturated rings. The Labute approximate surface area is 214 Å². The van der Waals surface area contributed by atoms with Gasteiger partial charge in [0.05, 0.1) is 12.8 Å². The van der Waals surface area contributed by atoms with E-state index in [9.17, 15) is 9.59 Å². The van der Waals surface area contributed by atoms with E-state index in [0.717, 1.165) is 35.7 Å². The second kappa shape index (κ2) is 11.3. The summed E-state index contributed by atoms with van der Waals surface area (Å²) in [5, 5.41) is 25.3. The molecule has 12 nitrogen and oxygen atoms in total. The van der Waals surface area contributed by atoms with Crippen molar-refractivity contribution in [3.8, 4) is 0 Å². The highest BCUT2D eigenvalue weighted by Crippen LogP contribution is 2.43. The molecule has 14 heteroatoms. The Balaban J connectivity index is 1.15. The van der Waals surface area contributed by atoms with Gasteiger partial charge in [-0.3, -0.25) is 9.59 Å². The van der Waals surface area contributed by atoms with Crippen molar-refractivity contribution in [1.29, 1.82) is 0 Å². The molecule has 0 spiro atoms. The molecule has 4 heterocycles. The summed E-state index contributed by atoms with van der Waals surface area (Å²) in [5.74, 6) is 0.898. The second-order valence-electron chi connectivity index (χ2n) is 8.23. The summed E-state index contributed by atoms with van der Waals surface area (Å²) in [6, 6.07) is 3.41. The van der Waals surface area contributed by atoms with Crippen LogP contribution in [0.1, 0.15) is 59.2 Å². The van der Waals surface area contributed by atoms with Crippen LogP contribution in [0, 0.1) is 0 Å². The third kappa shape index (κ3) is 6.26. The van der Waals surface area contributed by atoms with Crippen molar-refractivity contribution in [1.82, 2.24) is 40.3 Å². The summed E-state index contributed by atoms with van der Waals surface area (Å²) in [4.78, 5) is 40.8. The molecule has 0 bridgehead atoms. The molecule has 1 aliphatic carbocycles. The Morgan fingerprint density at radius 3 is 1.61 bits per heavy atom. The predicted molar refractivity (Wildman–Crippen MR) is 132 cm³/mol. The maximum absolute atomic E-state index is 12.3. The van der Waals surface area contributed by atoms with Crippen molar-refractivity contribution in [2.24, 2.45) is 0 Å². The van der Waals surface area contributed by atoms with E-state index in [1.54, 1.807) is 36.9 Å². The Morgan fingerprint density at radius 1 is 0.722 bits per heavy atom. The van der Waals surface area contributed by atoms with Gasteiger partial charge in [-0.1, -0.05) is 29.1 Å². The third-order valence-corrected chi connectivity index (χ3v) is 7.62. The number of carbonyl (C=O) groups is 2. The van der Waals surface area contributed by atoms with Gasteiger partial charge in [0.2, 0.25) is 22.1 Å². The van der Waals surface area contributed by atoms with E-state index in [1.165, 1.54) is 22.7 Å². The molecule has 5 rings (SSSR count). The van der Waals surface area contributed by atoms with Gasteiger partial charge in [0.15, 0.2) is 0 Å². The second-order valence-corrected chi connectivity index (χ2v) is 10.2. The summed E-state index contributed by atoms with van der Waals surface area (Å²) in [6.07, 6.45) is 10.5. The molecule has 4 aromatic rings. The molecule has 0 radical (unpaired) electrons. The number of rotatable bonds is 8. The SMILES string of the molecule is O=C(Cc1ncccn1)Nc1nnc(C2CCC[C@H](c3nnc(NC(=O)Cc4ncccn4)s3)C2)s1. The zero-order chi connectivity index (χ0) is 24.7. The van der Waals surface area contributed by atoms with Gasteiger partial charge in [0, 0.05) is 36.6 Å². The highest BCUT2D eigenvalue weighted by molar-refractivity contribution is 7.15. The number of amides is 2. The van der Waals surface area contributed by atoms with Crippen LogP contribution in [0.25, 0.3) is 0 Å². The Bertz CT molecular complexity index is 1210. The van der Waals surface area contributed by atoms with Crippen LogP contribution in [0.5, 0.6) is 0 Å². The molecule has 1 saturated carbocycles. The largest absolute Gasteiger partial charge is 0.300 e. The van der Waals surface area contributed by atoms with Gasteiger partial charge in [-0.25, -0.2) is 19.9 Å². The predicted octanol–water partition coefficient (Wildman–Crippen LogP) is 2.77. The smallest absolute Gasteiger partial charge is 0.233 e. The fraction of sp³-hybridized carbons (Fsp3) is 0.364. The molecule has 1 unspecified atom stereocenters. The lowest BCUT2D eigenvalue weighted by atomic mass is 9.82. The highest BCUT2D eigenvalue weighted by atomic mass is 32.1. The molecule has 0 aromatic carbocycles. The minimum Gasteiger partial charge on any atom is -0.300 e. The van der Waals surface area contributed by atoms with Crippen LogP contribution in [0.4, 0.5) is 10.3 Å².